The average Bonchev–Trinajstić information content (AvgIpc) is 3.32. The van der Waals surface area contributed by atoms with Crippen LogP contribution in [0.15, 0.2) is 36.5 Å². The summed E-state index contributed by atoms with van der Waals surface area (Å²) < 4.78 is 32.9. The van der Waals surface area contributed by atoms with E-state index in [-0.39, 0.29) is 18.2 Å². The highest BCUT2D eigenvalue weighted by Gasteiger charge is 2.37. The van der Waals surface area contributed by atoms with Crippen molar-refractivity contribution < 1.29 is 13.2 Å². The van der Waals surface area contributed by atoms with Crippen LogP contribution >= 0.6 is 11.3 Å². The van der Waals surface area contributed by atoms with E-state index < -0.39 is 10.0 Å². The number of aromatic nitrogens is 1. The average molecular weight is 450 g/mol. The summed E-state index contributed by atoms with van der Waals surface area (Å²) in [4.78, 5) is 6.65. The van der Waals surface area contributed by atoms with E-state index in [1.807, 2.05) is 13.1 Å². The molecular formula is C22H31N3O3S2. The van der Waals surface area contributed by atoms with Gasteiger partial charge in [0.05, 0.1) is 36.2 Å². The van der Waals surface area contributed by atoms with Gasteiger partial charge in [0.2, 0.25) is 10.0 Å². The van der Waals surface area contributed by atoms with Gasteiger partial charge in [0.1, 0.15) is 5.00 Å². The quantitative estimate of drug-likeness (QED) is 0.698. The Hall–Kier alpha value is -1.48. The topological polar surface area (TPSA) is 71.5 Å². The molecule has 2 aliphatic rings. The van der Waals surface area contributed by atoms with Crippen LogP contribution in [0.4, 0.5) is 5.00 Å². The van der Waals surface area contributed by atoms with Gasteiger partial charge in [0, 0.05) is 12.6 Å². The standard InChI is InChI=1S/C22H31N3O3S2/c1-16-23-14-22(29-16)25-13-12-20(24-30(2,26)27)21(25)15-28-19-10-8-18(9-11-19)17-6-4-3-5-7-17/h3-7,14,18-21,24H,8-13,15H2,1-2H3. The van der Waals surface area contributed by atoms with Crippen LogP contribution in [0.2, 0.25) is 0 Å². The molecule has 2 fully saturated rings. The van der Waals surface area contributed by atoms with Crippen LogP contribution in [0.1, 0.15) is 48.6 Å². The number of thiazole rings is 1. The molecule has 2 heterocycles. The van der Waals surface area contributed by atoms with Crippen molar-refractivity contribution in [1.29, 1.82) is 0 Å². The first-order valence-corrected chi connectivity index (χ1v) is 13.4. The Kier molecular flexibility index (Phi) is 6.77. The third-order valence-corrected chi connectivity index (χ3v) is 7.93. The predicted molar refractivity (Wildman–Crippen MR) is 122 cm³/mol. The lowest BCUT2D eigenvalue weighted by Crippen LogP contribution is -2.47. The van der Waals surface area contributed by atoms with E-state index in [0.717, 1.165) is 48.7 Å². The molecule has 1 aromatic carbocycles. The fourth-order valence-corrected chi connectivity index (χ4v) is 6.43. The first-order chi connectivity index (χ1) is 14.4. The van der Waals surface area contributed by atoms with Gasteiger partial charge >= 0.3 is 0 Å². The first kappa shape index (κ1) is 21.7. The SMILES string of the molecule is Cc1ncc(N2CCC(NS(C)(=O)=O)C2COC2CCC(c3ccccc3)CC2)s1. The minimum atomic E-state index is -3.27. The summed E-state index contributed by atoms with van der Waals surface area (Å²) in [6, 6.07) is 10.6. The Bertz CT molecular complexity index is 924. The molecule has 1 aromatic heterocycles. The molecule has 1 saturated heterocycles. The van der Waals surface area contributed by atoms with E-state index in [9.17, 15) is 8.42 Å². The molecule has 4 rings (SSSR count). The zero-order chi connectivity index (χ0) is 21.1. The summed E-state index contributed by atoms with van der Waals surface area (Å²) in [5.41, 5.74) is 1.43. The van der Waals surface area contributed by atoms with Crippen LogP contribution in [-0.4, -0.2) is 51.0 Å². The fourth-order valence-electron chi connectivity index (χ4n) is 4.75. The second kappa shape index (κ2) is 9.34. The normalized spacial score (nSPS) is 27.5. The van der Waals surface area contributed by atoms with Crippen LogP contribution in [0.25, 0.3) is 0 Å². The molecule has 2 aromatic rings. The molecule has 2 unspecified atom stereocenters. The Morgan fingerprint density at radius 2 is 1.90 bits per heavy atom. The van der Waals surface area contributed by atoms with Crippen LogP contribution < -0.4 is 9.62 Å². The number of anilines is 1. The van der Waals surface area contributed by atoms with Crippen molar-refractivity contribution in [3.8, 4) is 0 Å². The van der Waals surface area contributed by atoms with Gasteiger partial charge in [-0.3, -0.25) is 0 Å². The lowest BCUT2D eigenvalue weighted by Gasteiger charge is -2.33. The van der Waals surface area contributed by atoms with Crippen LogP contribution in [0.3, 0.4) is 0 Å². The molecule has 6 nitrogen and oxygen atoms in total. The number of nitrogens with zero attached hydrogens (tertiary/aromatic N) is 2. The highest BCUT2D eigenvalue weighted by molar-refractivity contribution is 7.88. The van der Waals surface area contributed by atoms with Gasteiger partial charge in [-0.2, -0.15) is 0 Å². The number of sulfonamides is 1. The molecular weight excluding hydrogens is 418 g/mol. The molecule has 8 heteroatoms. The summed E-state index contributed by atoms with van der Waals surface area (Å²) >= 11 is 1.65. The summed E-state index contributed by atoms with van der Waals surface area (Å²) in [5, 5.41) is 2.11. The third kappa shape index (κ3) is 5.41. The van der Waals surface area contributed by atoms with Crippen molar-refractivity contribution in [3.63, 3.8) is 0 Å². The van der Waals surface area contributed by atoms with E-state index in [4.69, 9.17) is 4.74 Å². The zero-order valence-electron chi connectivity index (χ0n) is 17.7. The van der Waals surface area contributed by atoms with Gasteiger partial charge in [0.15, 0.2) is 0 Å². The minimum absolute atomic E-state index is 0.00794. The van der Waals surface area contributed by atoms with Crippen LogP contribution in [0.5, 0.6) is 0 Å². The molecule has 0 spiro atoms. The summed E-state index contributed by atoms with van der Waals surface area (Å²) in [7, 11) is -3.27. The van der Waals surface area contributed by atoms with Gasteiger partial charge in [-0.1, -0.05) is 30.3 Å². The molecule has 164 valence electrons. The van der Waals surface area contributed by atoms with Crippen molar-refractivity contribution in [2.45, 2.75) is 63.1 Å². The second-order valence-corrected chi connectivity index (χ2v) is 11.5. The molecule has 2 atom stereocenters. The maximum absolute atomic E-state index is 11.9. The molecule has 1 aliphatic heterocycles. The van der Waals surface area contributed by atoms with Gasteiger partial charge in [-0.15, -0.1) is 11.3 Å². The van der Waals surface area contributed by atoms with Crippen LogP contribution in [-0.2, 0) is 14.8 Å². The number of nitrogens with one attached hydrogen (secondary N) is 1. The Morgan fingerprint density at radius 3 is 2.53 bits per heavy atom. The molecule has 1 N–H and O–H groups in total. The molecule has 0 amide bonds. The largest absolute Gasteiger partial charge is 0.376 e. The molecule has 1 aliphatic carbocycles. The Labute approximate surface area is 183 Å². The minimum Gasteiger partial charge on any atom is -0.376 e. The summed E-state index contributed by atoms with van der Waals surface area (Å²) in [5.74, 6) is 0.619. The van der Waals surface area contributed by atoms with E-state index in [2.05, 4.69) is 44.9 Å². The first-order valence-electron chi connectivity index (χ1n) is 10.7. The predicted octanol–water partition coefficient (Wildman–Crippen LogP) is 3.69. The molecule has 1 saturated carbocycles. The van der Waals surface area contributed by atoms with Crippen molar-refractivity contribution in [2.75, 3.05) is 24.3 Å². The summed E-state index contributed by atoms with van der Waals surface area (Å²) in [6.07, 6.45) is 8.53. The summed E-state index contributed by atoms with van der Waals surface area (Å²) in [6.45, 7) is 3.33. The molecule has 30 heavy (non-hydrogen) atoms. The number of aryl methyl sites for hydroxylation is 1. The van der Waals surface area contributed by atoms with E-state index >= 15 is 0 Å². The highest BCUT2D eigenvalue weighted by atomic mass is 32.2. The second-order valence-electron chi connectivity index (χ2n) is 8.48. The smallest absolute Gasteiger partial charge is 0.209 e. The van der Waals surface area contributed by atoms with E-state index in [1.54, 1.807) is 11.3 Å². The number of rotatable bonds is 7. The third-order valence-electron chi connectivity index (χ3n) is 6.25. The van der Waals surface area contributed by atoms with Crippen molar-refractivity contribution in [2.24, 2.45) is 0 Å². The highest BCUT2D eigenvalue weighted by Crippen LogP contribution is 2.35. The number of benzene rings is 1. The number of hydrogen-bond acceptors (Lipinski definition) is 6. The van der Waals surface area contributed by atoms with E-state index in [0.29, 0.717) is 12.5 Å². The van der Waals surface area contributed by atoms with Gasteiger partial charge in [-0.05, 0) is 50.5 Å². The Morgan fingerprint density at radius 1 is 1.17 bits per heavy atom. The van der Waals surface area contributed by atoms with Gasteiger partial charge in [-0.25, -0.2) is 18.1 Å². The van der Waals surface area contributed by atoms with Crippen LogP contribution in [0, 0.1) is 6.92 Å². The van der Waals surface area contributed by atoms with Crippen molar-refractivity contribution in [3.05, 3.63) is 47.1 Å². The molecule has 0 bridgehead atoms. The maximum atomic E-state index is 11.9. The monoisotopic (exact) mass is 449 g/mol. The van der Waals surface area contributed by atoms with E-state index in [1.165, 1.54) is 11.8 Å². The lowest BCUT2D eigenvalue weighted by atomic mass is 9.83. The number of hydrogen-bond donors (Lipinski definition) is 1. The van der Waals surface area contributed by atoms with Gasteiger partial charge < -0.3 is 9.64 Å². The van der Waals surface area contributed by atoms with Gasteiger partial charge in [0.25, 0.3) is 0 Å². The number of ether oxygens (including phenoxy) is 1. The fraction of sp³-hybridized carbons (Fsp3) is 0.591. The Balaban J connectivity index is 1.37. The van der Waals surface area contributed by atoms with Crippen molar-refractivity contribution >= 4 is 26.4 Å². The lowest BCUT2D eigenvalue weighted by molar-refractivity contribution is 0.0157. The zero-order valence-corrected chi connectivity index (χ0v) is 19.3. The molecule has 0 radical (unpaired) electrons. The maximum Gasteiger partial charge on any atom is 0.209 e. The van der Waals surface area contributed by atoms with Crippen molar-refractivity contribution in [1.82, 2.24) is 9.71 Å².